The second kappa shape index (κ2) is 4.34. The van der Waals surface area contributed by atoms with Crippen molar-refractivity contribution in [1.82, 2.24) is 10.2 Å². The van der Waals surface area contributed by atoms with Crippen molar-refractivity contribution >= 4 is 23.6 Å². The summed E-state index contributed by atoms with van der Waals surface area (Å²) in [6.07, 6.45) is 7.36. The van der Waals surface area contributed by atoms with Crippen molar-refractivity contribution in [1.29, 1.82) is 0 Å². The van der Waals surface area contributed by atoms with E-state index in [-0.39, 0.29) is 5.56 Å². The molecule has 2 aromatic rings. The van der Waals surface area contributed by atoms with Gasteiger partial charge in [-0.2, -0.15) is 0 Å². The van der Waals surface area contributed by atoms with Gasteiger partial charge in [-0.3, -0.25) is 14.9 Å². The molecular formula is C16H15N3O. The van der Waals surface area contributed by atoms with Crippen LogP contribution in [0.1, 0.15) is 42.0 Å². The number of rotatable bonds is 2. The Kier molecular flexibility index (Phi) is 2.49. The molecule has 0 atom stereocenters. The van der Waals surface area contributed by atoms with E-state index in [0.29, 0.717) is 5.92 Å². The Hall–Kier alpha value is -2.36. The van der Waals surface area contributed by atoms with E-state index in [4.69, 9.17) is 0 Å². The van der Waals surface area contributed by atoms with Gasteiger partial charge in [0.1, 0.15) is 0 Å². The molecule has 20 heavy (non-hydrogen) atoms. The first-order valence-electron chi connectivity index (χ1n) is 6.98. The zero-order valence-electron chi connectivity index (χ0n) is 11.0. The zero-order chi connectivity index (χ0) is 13.5. The van der Waals surface area contributed by atoms with Crippen molar-refractivity contribution < 1.29 is 0 Å². The smallest absolute Gasteiger partial charge is 0.271 e. The van der Waals surface area contributed by atoms with Gasteiger partial charge in [0.15, 0.2) is 0 Å². The molecule has 1 fully saturated rings. The summed E-state index contributed by atoms with van der Waals surface area (Å²) in [7, 11) is 0. The fourth-order valence-corrected chi connectivity index (χ4v) is 2.85. The number of nitrogens with one attached hydrogen (secondary N) is 2. The molecule has 4 rings (SSSR count). The molecule has 2 aliphatic rings. The van der Waals surface area contributed by atoms with Crippen molar-refractivity contribution in [2.45, 2.75) is 25.2 Å². The SMILES string of the molecule is O=c1[nH][nH]c(C2CCC2)c1C=C1C=Nc2ccccc21. The van der Waals surface area contributed by atoms with Crippen LogP contribution in [0.3, 0.4) is 0 Å². The maximum Gasteiger partial charge on any atom is 0.271 e. The van der Waals surface area contributed by atoms with Gasteiger partial charge < -0.3 is 5.10 Å². The summed E-state index contributed by atoms with van der Waals surface area (Å²) >= 11 is 0. The predicted octanol–water partition coefficient (Wildman–Crippen LogP) is 3.23. The van der Waals surface area contributed by atoms with E-state index in [1.165, 1.54) is 6.42 Å². The first-order valence-corrected chi connectivity index (χ1v) is 6.98. The van der Waals surface area contributed by atoms with Gasteiger partial charge in [0.2, 0.25) is 0 Å². The molecule has 0 saturated heterocycles. The summed E-state index contributed by atoms with van der Waals surface area (Å²) < 4.78 is 0. The summed E-state index contributed by atoms with van der Waals surface area (Å²) in [6, 6.07) is 8.00. The van der Waals surface area contributed by atoms with Crippen LogP contribution < -0.4 is 5.56 Å². The molecule has 2 N–H and O–H groups in total. The number of allylic oxidation sites excluding steroid dienone is 1. The first-order chi connectivity index (χ1) is 9.83. The van der Waals surface area contributed by atoms with Gasteiger partial charge in [-0.1, -0.05) is 24.6 Å². The van der Waals surface area contributed by atoms with Crippen LogP contribution in [0.2, 0.25) is 0 Å². The lowest BCUT2D eigenvalue weighted by atomic mass is 9.81. The summed E-state index contributed by atoms with van der Waals surface area (Å²) in [4.78, 5) is 16.4. The number of aromatic nitrogens is 2. The topological polar surface area (TPSA) is 61.0 Å². The number of aliphatic imine (C=N–C) groups is 1. The van der Waals surface area contributed by atoms with E-state index in [0.717, 1.165) is 40.9 Å². The molecule has 0 radical (unpaired) electrons. The minimum Gasteiger partial charge on any atom is -0.301 e. The number of aromatic amines is 2. The van der Waals surface area contributed by atoms with Crippen LogP contribution in [0.4, 0.5) is 5.69 Å². The quantitative estimate of drug-likeness (QED) is 0.860. The van der Waals surface area contributed by atoms with Gasteiger partial charge in [-0.25, -0.2) is 0 Å². The first kappa shape index (κ1) is 11.5. The average Bonchev–Trinajstić information content (AvgIpc) is 2.96. The van der Waals surface area contributed by atoms with E-state index in [1.54, 1.807) is 0 Å². The lowest BCUT2D eigenvalue weighted by Crippen LogP contribution is -2.12. The number of benzene rings is 1. The van der Waals surface area contributed by atoms with Crippen LogP contribution in [0.5, 0.6) is 0 Å². The minimum atomic E-state index is -0.0443. The fourth-order valence-electron chi connectivity index (χ4n) is 2.85. The standard InChI is InChI=1S/C16H15N3O/c20-16-13(15(18-19-16)10-4-3-5-10)8-11-9-17-14-7-2-1-6-12(11)14/h1-2,6-10H,3-5H2,(H2,18,19,20). The molecule has 100 valence electrons. The molecule has 1 aromatic carbocycles. The predicted molar refractivity (Wildman–Crippen MR) is 80.5 cm³/mol. The number of fused-ring (bicyclic) bond motifs is 1. The van der Waals surface area contributed by atoms with Crippen LogP contribution in [0.15, 0.2) is 34.1 Å². The molecule has 1 aromatic heterocycles. The van der Waals surface area contributed by atoms with E-state index in [2.05, 4.69) is 15.2 Å². The van der Waals surface area contributed by atoms with Crippen LogP contribution in [0.25, 0.3) is 11.6 Å². The average molecular weight is 265 g/mol. The highest BCUT2D eigenvalue weighted by Gasteiger charge is 2.25. The highest BCUT2D eigenvalue weighted by Crippen LogP contribution is 2.38. The molecule has 1 aliphatic carbocycles. The number of nitrogens with zero attached hydrogens (tertiary/aromatic N) is 1. The number of hydrogen-bond donors (Lipinski definition) is 2. The third-order valence-electron chi connectivity index (χ3n) is 4.22. The Balaban J connectivity index is 1.80. The summed E-state index contributed by atoms with van der Waals surface area (Å²) in [5.41, 5.74) is 4.83. The molecular weight excluding hydrogens is 250 g/mol. The van der Waals surface area contributed by atoms with E-state index >= 15 is 0 Å². The van der Waals surface area contributed by atoms with Crippen molar-refractivity contribution in [3.8, 4) is 0 Å². The fraction of sp³-hybridized carbons (Fsp3) is 0.250. The minimum absolute atomic E-state index is 0.0443. The van der Waals surface area contributed by atoms with Gasteiger partial charge in [-0.05, 0) is 25.0 Å². The maximum absolute atomic E-state index is 12.0. The molecule has 2 heterocycles. The number of H-pyrrole nitrogens is 2. The molecule has 0 amide bonds. The van der Waals surface area contributed by atoms with E-state index in [9.17, 15) is 4.79 Å². The second-order valence-electron chi connectivity index (χ2n) is 5.41. The Morgan fingerprint density at radius 2 is 2.05 bits per heavy atom. The van der Waals surface area contributed by atoms with Crippen LogP contribution >= 0.6 is 0 Å². The normalized spacial score (nSPS) is 19.3. The lowest BCUT2D eigenvalue weighted by molar-refractivity contribution is 0.410. The van der Waals surface area contributed by atoms with Crippen molar-refractivity contribution in [2.75, 3.05) is 0 Å². The van der Waals surface area contributed by atoms with Gasteiger partial charge in [0.25, 0.3) is 5.56 Å². The largest absolute Gasteiger partial charge is 0.301 e. The summed E-state index contributed by atoms with van der Waals surface area (Å²) in [5.74, 6) is 0.495. The molecule has 0 bridgehead atoms. The van der Waals surface area contributed by atoms with E-state index < -0.39 is 0 Å². The Morgan fingerprint density at radius 3 is 2.85 bits per heavy atom. The zero-order valence-corrected chi connectivity index (χ0v) is 11.0. The number of hydrogen-bond acceptors (Lipinski definition) is 2. The molecule has 0 unspecified atom stereocenters. The molecule has 4 heteroatoms. The third kappa shape index (κ3) is 1.68. The van der Waals surface area contributed by atoms with Gasteiger partial charge >= 0.3 is 0 Å². The van der Waals surface area contributed by atoms with Crippen LogP contribution in [0, 0.1) is 0 Å². The highest BCUT2D eigenvalue weighted by molar-refractivity contribution is 6.21. The Labute approximate surface area is 116 Å². The van der Waals surface area contributed by atoms with Gasteiger partial charge in [0, 0.05) is 29.0 Å². The van der Waals surface area contributed by atoms with Crippen molar-refractivity contribution in [2.24, 2.45) is 4.99 Å². The lowest BCUT2D eigenvalue weighted by Gasteiger charge is -2.24. The molecule has 4 nitrogen and oxygen atoms in total. The van der Waals surface area contributed by atoms with Crippen molar-refractivity contribution in [3.63, 3.8) is 0 Å². The van der Waals surface area contributed by atoms with E-state index in [1.807, 2.05) is 36.6 Å². The van der Waals surface area contributed by atoms with Gasteiger partial charge in [0.05, 0.1) is 11.3 Å². The molecule has 1 saturated carbocycles. The Morgan fingerprint density at radius 1 is 1.20 bits per heavy atom. The van der Waals surface area contributed by atoms with Crippen LogP contribution in [-0.2, 0) is 0 Å². The van der Waals surface area contributed by atoms with Crippen LogP contribution in [-0.4, -0.2) is 16.4 Å². The summed E-state index contributed by atoms with van der Waals surface area (Å²) in [5, 5.41) is 5.76. The summed E-state index contributed by atoms with van der Waals surface area (Å²) in [6.45, 7) is 0. The second-order valence-corrected chi connectivity index (χ2v) is 5.41. The molecule has 0 spiro atoms. The molecule has 1 aliphatic heterocycles. The number of para-hydroxylation sites is 1. The maximum atomic E-state index is 12.0. The Bertz CT molecular complexity index is 775. The van der Waals surface area contributed by atoms with Crippen molar-refractivity contribution in [3.05, 3.63) is 51.4 Å². The third-order valence-corrected chi connectivity index (χ3v) is 4.22. The highest BCUT2D eigenvalue weighted by atomic mass is 16.1. The monoisotopic (exact) mass is 265 g/mol. The van der Waals surface area contributed by atoms with Gasteiger partial charge in [-0.15, -0.1) is 0 Å².